The highest BCUT2D eigenvalue weighted by atomic mass is 35.5. The van der Waals surface area contributed by atoms with Gasteiger partial charge in [-0.25, -0.2) is 0 Å². The van der Waals surface area contributed by atoms with E-state index >= 15 is 0 Å². The van der Waals surface area contributed by atoms with Gasteiger partial charge in [0, 0.05) is 5.03 Å². The van der Waals surface area contributed by atoms with E-state index < -0.39 is 0 Å². The molecule has 0 fully saturated rings. The van der Waals surface area contributed by atoms with Crippen molar-refractivity contribution in [2.24, 2.45) is 5.92 Å². The fourth-order valence-electron chi connectivity index (χ4n) is 0.911. The van der Waals surface area contributed by atoms with Crippen LogP contribution in [0.4, 0.5) is 0 Å². The number of halogens is 1. The van der Waals surface area contributed by atoms with Crippen molar-refractivity contribution in [2.75, 3.05) is 0 Å². The van der Waals surface area contributed by atoms with Crippen LogP contribution < -0.4 is 0 Å². The van der Waals surface area contributed by atoms with Crippen LogP contribution in [0, 0.1) is 5.92 Å². The maximum Gasteiger partial charge on any atom is 0.0215 e. The highest BCUT2D eigenvalue weighted by Gasteiger charge is 2.06. The van der Waals surface area contributed by atoms with Crippen molar-refractivity contribution >= 4 is 11.6 Å². The lowest BCUT2D eigenvalue weighted by Crippen LogP contribution is -1.95. The third-order valence-electron chi connectivity index (χ3n) is 1.60. The van der Waals surface area contributed by atoms with Crippen molar-refractivity contribution in [1.29, 1.82) is 0 Å². The maximum atomic E-state index is 5.89. The summed E-state index contributed by atoms with van der Waals surface area (Å²) in [5.41, 5.74) is 1.22. The Morgan fingerprint density at radius 1 is 1.67 bits per heavy atom. The van der Waals surface area contributed by atoms with Gasteiger partial charge in [-0.15, -0.1) is 0 Å². The maximum absolute atomic E-state index is 5.89. The van der Waals surface area contributed by atoms with Gasteiger partial charge < -0.3 is 0 Å². The lowest BCUT2D eigenvalue weighted by molar-refractivity contribution is 0.722. The van der Waals surface area contributed by atoms with E-state index in [0.717, 1.165) is 11.5 Å². The third kappa shape index (κ3) is 1.59. The molecule has 0 saturated heterocycles. The van der Waals surface area contributed by atoms with Gasteiger partial charge in [-0.2, -0.15) is 0 Å². The summed E-state index contributed by atoms with van der Waals surface area (Å²) in [6.07, 6.45) is 5.31. The summed E-state index contributed by atoms with van der Waals surface area (Å²) >= 11 is 5.89. The minimum atomic E-state index is 0.626. The van der Waals surface area contributed by atoms with Gasteiger partial charge in [0.2, 0.25) is 0 Å². The standard InChI is InChI=1S/C8H11Cl/c1-6-3-4-7(2)8(9)5-6/h3-4,6H,5H2,1-2H3/t6-/m0/s1. The molecule has 1 aliphatic carbocycles. The molecule has 0 bridgehead atoms. The molecular weight excluding hydrogens is 132 g/mol. The normalized spacial score (nSPS) is 27.2. The first-order valence-corrected chi connectivity index (χ1v) is 3.61. The van der Waals surface area contributed by atoms with Gasteiger partial charge in [0.25, 0.3) is 0 Å². The quantitative estimate of drug-likeness (QED) is 0.488. The van der Waals surface area contributed by atoms with E-state index in [9.17, 15) is 0 Å². The molecule has 0 radical (unpaired) electrons. The second-order valence-electron chi connectivity index (χ2n) is 2.63. The Morgan fingerprint density at radius 2 is 2.33 bits per heavy atom. The summed E-state index contributed by atoms with van der Waals surface area (Å²) < 4.78 is 0. The summed E-state index contributed by atoms with van der Waals surface area (Å²) in [5.74, 6) is 0.626. The van der Waals surface area contributed by atoms with Crippen LogP contribution >= 0.6 is 11.6 Å². The molecule has 9 heavy (non-hydrogen) atoms. The molecule has 0 aromatic heterocycles. The van der Waals surface area contributed by atoms with E-state index in [1.54, 1.807) is 0 Å². The van der Waals surface area contributed by atoms with E-state index in [0.29, 0.717) is 5.92 Å². The zero-order chi connectivity index (χ0) is 6.85. The zero-order valence-corrected chi connectivity index (χ0v) is 6.57. The molecule has 0 unspecified atom stereocenters. The molecule has 1 rings (SSSR count). The van der Waals surface area contributed by atoms with Crippen LogP contribution in [0.3, 0.4) is 0 Å². The predicted octanol–water partition coefficient (Wildman–Crippen LogP) is 3.10. The number of rotatable bonds is 0. The third-order valence-corrected chi connectivity index (χ3v) is 2.06. The molecular formula is C8H11Cl. The topological polar surface area (TPSA) is 0 Å². The summed E-state index contributed by atoms with van der Waals surface area (Å²) in [5, 5.41) is 1.02. The molecule has 0 nitrogen and oxygen atoms in total. The average molecular weight is 143 g/mol. The SMILES string of the molecule is CC1=C(Cl)C[C@@H](C)C=C1. The molecule has 0 aliphatic heterocycles. The summed E-state index contributed by atoms with van der Waals surface area (Å²) in [6, 6.07) is 0. The van der Waals surface area contributed by atoms with Crippen LogP contribution in [0.2, 0.25) is 0 Å². The van der Waals surface area contributed by atoms with Crippen LogP contribution in [-0.2, 0) is 0 Å². The summed E-state index contributed by atoms with van der Waals surface area (Å²) in [4.78, 5) is 0. The van der Waals surface area contributed by atoms with Crippen LogP contribution in [0.1, 0.15) is 20.3 Å². The van der Waals surface area contributed by atoms with E-state index in [2.05, 4.69) is 19.1 Å². The Morgan fingerprint density at radius 3 is 2.78 bits per heavy atom. The zero-order valence-electron chi connectivity index (χ0n) is 5.82. The minimum absolute atomic E-state index is 0.626. The monoisotopic (exact) mass is 142 g/mol. The molecule has 50 valence electrons. The number of allylic oxidation sites excluding steroid dienone is 4. The summed E-state index contributed by atoms with van der Waals surface area (Å²) in [6.45, 7) is 4.22. The van der Waals surface area contributed by atoms with Crippen molar-refractivity contribution in [3.05, 3.63) is 22.8 Å². The Bertz CT molecular complexity index is 165. The highest BCUT2D eigenvalue weighted by Crippen LogP contribution is 2.25. The highest BCUT2D eigenvalue weighted by molar-refractivity contribution is 6.30. The Hall–Kier alpha value is -0.230. The smallest absolute Gasteiger partial charge is 0.0215 e. The molecule has 0 N–H and O–H groups in total. The first-order valence-electron chi connectivity index (χ1n) is 3.23. The minimum Gasteiger partial charge on any atom is -0.0888 e. The van der Waals surface area contributed by atoms with Crippen LogP contribution in [-0.4, -0.2) is 0 Å². The average Bonchev–Trinajstić information content (AvgIpc) is 1.80. The van der Waals surface area contributed by atoms with Gasteiger partial charge in [0.15, 0.2) is 0 Å². The fourth-order valence-corrected chi connectivity index (χ4v) is 1.22. The Labute approximate surface area is 61.2 Å². The van der Waals surface area contributed by atoms with Crippen molar-refractivity contribution in [2.45, 2.75) is 20.3 Å². The summed E-state index contributed by atoms with van der Waals surface area (Å²) in [7, 11) is 0. The first kappa shape index (κ1) is 6.88. The molecule has 0 aromatic rings. The van der Waals surface area contributed by atoms with Crippen LogP contribution in [0.5, 0.6) is 0 Å². The van der Waals surface area contributed by atoms with Crippen LogP contribution in [0.15, 0.2) is 22.8 Å². The molecule has 0 spiro atoms. The first-order chi connectivity index (χ1) is 4.20. The fraction of sp³-hybridized carbons (Fsp3) is 0.500. The molecule has 0 saturated carbocycles. The number of hydrogen-bond acceptors (Lipinski definition) is 0. The Balaban J connectivity index is 2.75. The van der Waals surface area contributed by atoms with Gasteiger partial charge in [-0.1, -0.05) is 30.7 Å². The lowest BCUT2D eigenvalue weighted by Gasteiger charge is -2.11. The van der Waals surface area contributed by atoms with Gasteiger partial charge in [0.05, 0.1) is 0 Å². The van der Waals surface area contributed by atoms with E-state index in [1.165, 1.54) is 5.57 Å². The van der Waals surface area contributed by atoms with Crippen molar-refractivity contribution < 1.29 is 0 Å². The van der Waals surface area contributed by atoms with Gasteiger partial charge in [0.1, 0.15) is 0 Å². The van der Waals surface area contributed by atoms with Gasteiger partial charge >= 0.3 is 0 Å². The Kier molecular flexibility index (Phi) is 1.97. The largest absolute Gasteiger partial charge is 0.0888 e. The van der Waals surface area contributed by atoms with E-state index in [-0.39, 0.29) is 0 Å². The van der Waals surface area contributed by atoms with Crippen molar-refractivity contribution in [3.63, 3.8) is 0 Å². The van der Waals surface area contributed by atoms with Gasteiger partial charge in [-0.05, 0) is 24.8 Å². The molecule has 0 aromatic carbocycles. The predicted molar refractivity (Wildman–Crippen MR) is 41.5 cm³/mol. The second-order valence-corrected chi connectivity index (χ2v) is 3.08. The molecule has 1 atom stereocenters. The van der Waals surface area contributed by atoms with E-state index in [4.69, 9.17) is 11.6 Å². The lowest BCUT2D eigenvalue weighted by atomic mass is 9.99. The van der Waals surface area contributed by atoms with Crippen molar-refractivity contribution in [3.8, 4) is 0 Å². The molecule has 0 heterocycles. The number of hydrogen-bond donors (Lipinski definition) is 0. The van der Waals surface area contributed by atoms with Gasteiger partial charge in [-0.3, -0.25) is 0 Å². The molecule has 1 heteroatoms. The molecule has 0 amide bonds. The molecule has 1 aliphatic rings. The van der Waals surface area contributed by atoms with Crippen molar-refractivity contribution in [1.82, 2.24) is 0 Å². The second kappa shape index (κ2) is 2.57. The van der Waals surface area contributed by atoms with Crippen LogP contribution in [0.25, 0.3) is 0 Å². The van der Waals surface area contributed by atoms with E-state index in [1.807, 2.05) is 6.92 Å².